The number of aryl methyl sites for hydroxylation is 2. The van der Waals surface area contributed by atoms with Crippen molar-refractivity contribution in [1.29, 1.82) is 0 Å². The Labute approximate surface area is 247 Å². The van der Waals surface area contributed by atoms with Gasteiger partial charge in [-0.3, -0.25) is 4.79 Å². The molecule has 1 aromatic rings. The number of nitrogens with one attached hydrogen (secondary N) is 1. The monoisotopic (exact) mass is 568 g/mol. The maximum absolute atomic E-state index is 11.7. The first kappa shape index (κ1) is 32.8. The Hall–Kier alpha value is -2.68. The van der Waals surface area contributed by atoms with E-state index in [1.54, 1.807) is 20.8 Å². The molecule has 1 fully saturated rings. The maximum Gasteiger partial charge on any atom is 0.308 e. The molecular weight excluding hydrogens is 516 g/mol. The molecule has 8 heteroatoms. The zero-order valence-electron chi connectivity index (χ0n) is 26.3. The van der Waals surface area contributed by atoms with Crippen molar-refractivity contribution in [2.75, 3.05) is 19.7 Å². The van der Waals surface area contributed by atoms with Crippen molar-refractivity contribution < 1.29 is 19.7 Å². The van der Waals surface area contributed by atoms with E-state index in [1.807, 2.05) is 25.8 Å². The molecule has 1 saturated heterocycles. The molecule has 6 rings (SSSR count). The topological polar surface area (TPSA) is 97.6 Å². The lowest BCUT2D eigenvalue weighted by Gasteiger charge is -2.45. The van der Waals surface area contributed by atoms with Crippen LogP contribution in [-0.4, -0.2) is 68.7 Å². The quantitative estimate of drug-likeness (QED) is 0.414. The number of hydrazine groups is 1. The zero-order chi connectivity index (χ0) is 30.2. The van der Waals surface area contributed by atoms with Gasteiger partial charge in [-0.1, -0.05) is 38.1 Å². The maximum atomic E-state index is 11.7. The van der Waals surface area contributed by atoms with E-state index in [0.717, 1.165) is 87.6 Å². The number of carboxylic acids is 1. The number of piperidine rings is 1. The standard InChI is InChI=1S/C27H36N4O3.C4H10O.C2H6/c1-19-23(18-25(32)33)26-30-14-12-27(2,13-15-30)34-16-6-10-21-8-4-3-7-20(21)9-5-11-22-17-24(28-19)31(26)29-22;1-4(2,3)5;1-2/h3-4,7-8,17,22,29H,5-6,9-16,18H2,1-2H3,(H,32,33);5H,1-3H3;1-2H3. The molecule has 0 radical (unpaired) electrons. The molecule has 0 aliphatic carbocycles. The Morgan fingerprint density at radius 2 is 1.71 bits per heavy atom. The minimum Gasteiger partial charge on any atom is -0.481 e. The van der Waals surface area contributed by atoms with Crippen LogP contribution in [0.5, 0.6) is 0 Å². The van der Waals surface area contributed by atoms with Gasteiger partial charge in [0.15, 0.2) is 0 Å². The van der Waals surface area contributed by atoms with Crippen LogP contribution in [0.4, 0.5) is 0 Å². The highest BCUT2D eigenvalue weighted by molar-refractivity contribution is 6.03. The number of carboxylic acid groups (broad SMARTS) is 1. The van der Waals surface area contributed by atoms with Gasteiger partial charge < -0.3 is 19.8 Å². The van der Waals surface area contributed by atoms with Crippen molar-refractivity contribution in [3.05, 3.63) is 58.7 Å². The molecule has 41 heavy (non-hydrogen) atoms. The lowest BCUT2D eigenvalue weighted by Crippen LogP contribution is -2.50. The van der Waals surface area contributed by atoms with E-state index in [1.165, 1.54) is 11.1 Å². The molecule has 0 saturated carbocycles. The van der Waals surface area contributed by atoms with Crippen LogP contribution in [0.3, 0.4) is 0 Å². The fraction of sp³-hybridized carbons (Fsp3) is 0.636. The number of rotatable bonds is 2. The molecule has 5 aliphatic rings. The predicted molar refractivity (Wildman–Crippen MR) is 165 cm³/mol. The Kier molecular flexibility index (Phi) is 11.6. The van der Waals surface area contributed by atoms with Gasteiger partial charge in [-0.2, -0.15) is 0 Å². The number of nitrogens with zero attached hydrogens (tertiary/aromatic N) is 3. The fourth-order valence-corrected chi connectivity index (χ4v) is 5.63. The van der Waals surface area contributed by atoms with Gasteiger partial charge in [-0.15, -0.1) is 0 Å². The average Bonchev–Trinajstić information content (AvgIpc) is 3.30. The number of hydrogen-bond acceptors (Lipinski definition) is 7. The molecule has 1 aromatic carbocycles. The summed E-state index contributed by atoms with van der Waals surface area (Å²) in [5, 5.41) is 20.2. The third-order valence-corrected chi connectivity index (χ3v) is 7.64. The Balaban J connectivity index is 0.000000598. The van der Waals surface area contributed by atoms with Crippen LogP contribution in [0.15, 0.2) is 52.5 Å². The highest BCUT2D eigenvalue weighted by Crippen LogP contribution is 2.36. The van der Waals surface area contributed by atoms with Crippen LogP contribution in [0, 0.1) is 0 Å². The second kappa shape index (κ2) is 14.5. The molecule has 1 atom stereocenters. The van der Waals surface area contributed by atoms with Crippen molar-refractivity contribution in [2.24, 2.45) is 4.99 Å². The van der Waals surface area contributed by atoms with Gasteiger partial charge >= 0.3 is 5.97 Å². The summed E-state index contributed by atoms with van der Waals surface area (Å²) in [6, 6.07) is 8.99. The van der Waals surface area contributed by atoms with Gasteiger partial charge in [0, 0.05) is 37.0 Å². The van der Waals surface area contributed by atoms with Gasteiger partial charge in [0.2, 0.25) is 0 Å². The van der Waals surface area contributed by atoms with E-state index < -0.39 is 11.6 Å². The SMILES string of the molecule is CC.CC(C)(C)O.CC1=NC2=CC3CCCc4ccccc4CCCOC4(C)CCN(CC4)C(=C1CC(=O)O)N2N3. The zero-order valence-corrected chi connectivity index (χ0v) is 26.3. The van der Waals surface area contributed by atoms with Gasteiger partial charge in [0.05, 0.1) is 17.6 Å². The number of hydrogen-bond donors (Lipinski definition) is 3. The molecule has 0 amide bonds. The van der Waals surface area contributed by atoms with Gasteiger partial charge in [0.25, 0.3) is 0 Å². The molecule has 228 valence electrons. The summed E-state index contributed by atoms with van der Waals surface area (Å²) in [4.78, 5) is 18.8. The van der Waals surface area contributed by atoms with Crippen LogP contribution >= 0.6 is 0 Å². The second-order valence-corrected chi connectivity index (χ2v) is 12.4. The predicted octanol–water partition coefficient (Wildman–Crippen LogP) is 5.82. The summed E-state index contributed by atoms with van der Waals surface area (Å²) in [6.45, 7) is 15.8. The van der Waals surface area contributed by atoms with E-state index in [4.69, 9.17) is 14.8 Å². The third kappa shape index (κ3) is 9.42. The largest absolute Gasteiger partial charge is 0.481 e. The molecule has 1 unspecified atom stereocenters. The van der Waals surface area contributed by atoms with Crippen molar-refractivity contribution in [2.45, 2.75) is 117 Å². The van der Waals surface area contributed by atoms with E-state index >= 15 is 0 Å². The smallest absolute Gasteiger partial charge is 0.308 e. The van der Waals surface area contributed by atoms with E-state index in [0.29, 0.717) is 0 Å². The summed E-state index contributed by atoms with van der Waals surface area (Å²) in [5.41, 5.74) is 7.47. The first-order valence-electron chi connectivity index (χ1n) is 15.4. The van der Waals surface area contributed by atoms with Gasteiger partial charge in [-0.25, -0.2) is 15.4 Å². The third-order valence-electron chi connectivity index (χ3n) is 7.64. The number of aliphatic carboxylic acids is 1. The highest BCUT2D eigenvalue weighted by atomic mass is 16.5. The van der Waals surface area contributed by atoms with Crippen molar-refractivity contribution in [3.63, 3.8) is 0 Å². The fourth-order valence-electron chi connectivity index (χ4n) is 5.63. The van der Waals surface area contributed by atoms with Gasteiger partial charge in [0.1, 0.15) is 11.6 Å². The van der Waals surface area contributed by atoms with E-state index in [2.05, 4.69) is 47.6 Å². The van der Waals surface area contributed by atoms with Crippen molar-refractivity contribution in [3.8, 4) is 0 Å². The van der Waals surface area contributed by atoms with Crippen LogP contribution < -0.4 is 5.43 Å². The Morgan fingerprint density at radius 1 is 1.12 bits per heavy atom. The number of fused-ring (bicyclic) bond motifs is 7. The highest BCUT2D eigenvalue weighted by Gasteiger charge is 2.39. The van der Waals surface area contributed by atoms with Crippen LogP contribution in [0.1, 0.15) is 98.1 Å². The number of benzene rings is 1. The van der Waals surface area contributed by atoms with Crippen LogP contribution in [-0.2, 0) is 22.4 Å². The summed E-state index contributed by atoms with van der Waals surface area (Å²) >= 11 is 0. The molecule has 3 N–H and O–H groups in total. The minimum atomic E-state index is -0.826. The Morgan fingerprint density at radius 3 is 2.29 bits per heavy atom. The Bertz CT molecular complexity index is 1120. The minimum absolute atomic E-state index is 0.0259. The number of aliphatic hydroxyl groups is 1. The van der Waals surface area contributed by atoms with E-state index in [9.17, 15) is 9.90 Å². The summed E-state index contributed by atoms with van der Waals surface area (Å²) in [7, 11) is 0. The number of ether oxygens (including phenoxy) is 1. The van der Waals surface area contributed by atoms with Crippen LogP contribution in [0.2, 0.25) is 0 Å². The van der Waals surface area contributed by atoms with Crippen LogP contribution in [0.25, 0.3) is 0 Å². The van der Waals surface area contributed by atoms with Crippen molar-refractivity contribution >= 4 is 11.7 Å². The lowest BCUT2D eigenvalue weighted by atomic mass is 9.92. The normalized spacial score (nSPS) is 24.6. The first-order chi connectivity index (χ1) is 19.4. The molecule has 8 nitrogen and oxygen atoms in total. The molecular formula is C33H52N4O4. The number of aliphatic imine (C=N–C) groups is 1. The van der Waals surface area contributed by atoms with Crippen molar-refractivity contribution in [1.82, 2.24) is 15.3 Å². The molecule has 4 bridgehead atoms. The molecule has 0 spiro atoms. The summed E-state index contributed by atoms with van der Waals surface area (Å²) in [6.07, 6.45) is 9.23. The summed E-state index contributed by atoms with van der Waals surface area (Å²) in [5.74, 6) is 1.02. The molecule has 0 aromatic heterocycles. The number of carbonyl (C=O) groups is 1. The van der Waals surface area contributed by atoms with Gasteiger partial charge in [-0.05, 0) is 96.8 Å². The van der Waals surface area contributed by atoms with E-state index in [-0.39, 0.29) is 18.1 Å². The lowest BCUT2D eigenvalue weighted by molar-refractivity contribution is -0.136. The second-order valence-electron chi connectivity index (χ2n) is 12.4. The molecule has 5 aliphatic heterocycles. The molecule has 5 heterocycles. The first-order valence-corrected chi connectivity index (χ1v) is 15.4. The average molecular weight is 569 g/mol. The summed E-state index contributed by atoms with van der Waals surface area (Å²) < 4.78 is 6.43.